The Labute approximate surface area is 98.4 Å². The van der Waals surface area contributed by atoms with Crippen LogP contribution < -0.4 is 10.6 Å². The molecule has 0 bridgehead atoms. The molecule has 1 aliphatic heterocycles. The molecule has 2 fully saturated rings. The first kappa shape index (κ1) is 11.9. The lowest BCUT2D eigenvalue weighted by Gasteiger charge is -2.23. The van der Waals surface area contributed by atoms with E-state index >= 15 is 0 Å². The Hall–Kier alpha value is -0.570. The van der Waals surface area contributed by atoms with Gasteiger partial charge in [0.2, 0.25) is 5.91 Å². The zero-order valence-corrected chi connectivity index (χ0v) is 10.5. The van der Waals surface area contributed by atoms with Crippen molar-refractivity contribution in [3.05, 3.63) is 0 Å². The van der Waals surface area contributed by atoms with Gasteiger partial charge in [0.15, 0.2) is 0 Å². The van der Waals surface area contributed by atoms with E-state index in [1.54, 1.807) is 0 Å². The molecule has 0 radical (unpaired) electrons. The minimum absolute atomic E-state index is 0.184. The largest absolute Gasteiger partial charge is 0.353 e. The smallest absolute Gasteiger partial charge is 0.224 e. The third-order valence-corrected chi connectivity index (χ3v) is 4.33. The summed E-state index contributed by atoms with van der Waals surface area (Å²) in [6, 6.07) is 0.364. The van der Waals surface area contributed by atoms with Gasteiger partial charge in [0.05, 0.1) is 5.92 Å². The van der Waals surface area contributed by atoms with Crippen molar-refractivity contribution in [1.29, 1.82) is 0 Å². The second-order valence-corrected chi connectivity index (χ2v) is 5.58. The molecule has 1 heterocycles. The summed E-state index contributed by atoms with van der Waals surface area (Å²) in [5.41, 5.74) is 0. The van der Waals surface area contributed by atoms with Gasteiger partial charge in [-0.1, -0.05) is 19.8 Å². The lowest BCUT2D eigenvalue weighted by atomic mass is 9.95. The second kappa shape index (κ2) is 5.17. The number of carbonyl (C=O) groups is 1. The fourth-order valence-corrected chi connectivity index (χ4v) is 3.07. The van der Waals surface area contributed by atoms with Crippen LogP contribution in [0.15, 0.2) is 0 Å². The van der Waals surface area contributed by atoms with Crippen LogP contribution in [0.3, 0.4) is 0 Å². The highest BCUT2D eigenvalue weighted by Crippen LogP contribution is 2.28. The molecule has 1 aliphatic carbocycles. The molecule has 1 saturated carbocycles. The quantitative estimate of drug-likeness (QED) is 0.763. The van der Waals surface area contributed by atoms with E-state index in [9.17, 15) is 4.79 Å². The van der Waals surface area contributed by atoms with E-state index in [0.717, 1.165) is 13.1 Å². The average Bonchev–Trinajstić information content (AvgIpc) is 2.86. The molecule has 2 N–H and O–H groups in total. The molecular formula is C13H24N2O. The van der Waals surface area contributed by atoms with E-state index < -0.39 is 0 Å². The molecule has 2 aliphatic rings. The zero-order valence-electron chi connectivity index (χ0n) is 10.5. The molecule has 3 atom stereocenters. The number of carbonyl (C=O) groups excluding carboxylic acids is 1. The summed E-state index contributed by atoms with van der Waals surface area (Å²) in [6.45, 7) is 6.16. The summed E-state index contributed by atoms with van der Waals surface area (Å²) in [4.78, 5) is 12.1. The van der Waals surface area contributed by atoms with Crippen molar-refractivity contribution < 1.29 is 4.79 Å². The number of rotatable bonds is 3. The molecule has 1 saturated heterocycles. The Balaban J connectivity index is 1.81. The third-order valence-electron chi connectivity index (χ3n) is 4.33. The van der Waals surface area contributed by atoms with Gasteiger partial charge in [-0.2, -0.15) is 0 Å². The molecule has 3 heteroatoms. The second-order valence-electron chi connectivity index (χ2n) is 5.58. The zero-order chi connectivity index (χ0) is 11.5. The Bertz CT molecular complexity index is 248. The maximum atomic E-state index is 12.1. The predicted octanol–water partition coefficient (Wildman–Crippen LogP) is 1.54. The minimum atomic E-state index is 0.184. The van der Waals surface area contributed by atoms with Crippen LogP contribution >= 0.6 is 0 Å². The maximum Gasteiger partial charge on any atom is 0.224 e. The number of hydrogen-bond donors (Lipinski definition) is 2. The van der Waals surface area contributed by atoms with Gasteiger partial charge in [-0.05, 0) is 38.1 Å². The van der Waals surface area contributed by atoms with Crippen LogP contribution in [-0.4, -0.2) is 25.0 Å². The van der Waals surface area contributed by atoms with Crippen LogP contribution in [-0.2, 0) is 4.79 Å². The fourth-order valence-electron chi connectivity index (χ4n) is 3.07. The van der Waals surface area contributed by atoms with E-state index in [1.165, 1.54) is 25.7 Å². The number of nitrogens with one attached hydrogen (secondary N) is 2. The number of amides is 1. The Kier molecular flexibility index (Phi) is 3.85. The molecule has 2 rings (SSSR count). The van der Waals surface area contributed by atoms with E-state index in [-0.39, 0.29) is 11.8 Å². The van der Waals surface area contributed by atoms with Gasteiger partial charge in [-0.3, -0.25) is 4.79 Å². The Morgan fingerprint density at radius 1 is 1.31 bits per heavy atom. The highest BCUT2D eigenvalue weighted by Gasteiger charge is 2.31. The number of hydrogen-bond acceptors (Lipinski definition) is 2. The highest BCUT2D eigenvalue weighted by atomic mass is 16.2. The van der Waals surface area contributed by atoms with Crippen molar-refractivity contribution >= 4 is 5.91 Å². The third kappa shape index (κ3) is 2.57. The molecule has 92 valence electrons. The van der Waals surface area contributed by atoms with E-state index in [0.29, 0.717) is 17.9 Å². The van der Waals surface area contributed by atoms with Crippen LogP contribution in [0.5, 0.6) is 0 Å². The van der Waals surface area contributed by atoms with Gasteiger partial charge in [-0.25, -0.2) is 0 Å². The lowest BCUT2D eigenvalue weighted by Crippen LogP contribution is -2.42. The van der Waals surface area contributed by atoms with Gasteiger partial charge in [0.1, 0.15) is 0 Å². The van der Waals surface area contributed by atoms with Crippen molar-refractivity contribution in [2.24, 2.45) is 17.8 Å². The summed E-state index contributed by atoms with van der Waals surface area (Å²) in [6.07, 6.45) is 5.26. The van der Waals surface area contributed by atoms with Crippen LogP contribution in [0.1, 0.15) is 39.5 Å². The average molecular weight is 224 g/mol. The monoisotopic (exact) mass is 224 g/mol. The summed E-state index contributed by atoms with van der Waals surface area (Å²) in [5, 5.41) is 6.50. The van der Waals surface area contributed by atoms with Gasteiger partial charge >= 0.3 is 0 Å². The normalized spacial score (nSPS) is 32.9. The van der Waals surface area contributed by atoms with Crippen LogP contribution in [0.4, 0.5) is 0 Å². The van der Waals surface area contributed by atoms with Crippen molar-refractivity contribution in [3.63, 3.8) is 0 Å². The van der Waals surface area contributed by atoms with E-state index in [2.05, 4.69) is 24.5 Å². The molecule has 0 aromatic rings. The molecule has 1 amide bonds. The van der Waals surface area contributed by atoms with Crippen molar-refractivity contribution in [3.8, 4) is 0 Å². The predicted molar refractivity (Wildman–Crippen MR) is 65.1 cm³/mol. The summed E-state index contributed by atoms with van der Waals surface area (Å²) < 4.78 is 0. The van der Waals surface area contributed by atoms with Gasteiger partial charge in [0.25, 0.3) is 0 Å². The van der Waals surface area contributed by atoms with Crippen LogP contribution in [0.25, 0.3) is 0 Å². The Morgan fingerprint density at radius 2 is 2.00 bits per heavy atom. The standard InChI is InChI=1S/C13H24N2O/c1-9-7-14-8-12(9)13(16)15-10(2)11-5-3-4-6-11/h9-12,14H,3-8H2,1-2H3,(H,15,16). The van der Waals surface area contributed by atoms with E-state index in [1.807, 2.05) is 0 Å². The van der Waals surface area contributed by atoms with Crippen molar-refractivity contribution in [2.45, 2.75) is 45.6 Å². The van der Waals surface area contributed by atoms with Gasteiger partial charge in [-0.15, -0.1) is 0 Å². The van der Waals surface area contributed by atoms with Gasteiger partial charge < -0.3 is 10.6 Å². The lowest BCUT2D eigenvalue weighted by molar-refractivity contribution is -0.126. The maximum absolute atomic E-state index is 12.1. The molecule has 3 unspecified atom stereocenters. The summed E-state index contributed by atoms with van der Waals surface area (Å²) in [5.74, 6) is 1.64. The summed E-state index contributed by atoms with van der Waals surface area (Å²) >= 11 is 0. The highest BCUT2D eigenvalue weighted by molar-refractivity contribution is 5.79. The van der Waals surface area contributed by atoms with E-state index in [4.69, 9.17) is 0 Å². The first-order valence-corrected chi connectivity index (χ1v) is 6.69. The molecule has 0 aromatic heterocycles. The fraction of sp³-hybridized carbons (Fsp3) is 0.923. The minimum Gasteiger partial charge on any atom is -0.353 e. The van der Waals surface area contributed by atoms with Crippen molar-refractivity contribution in [2.75, 3.05) is 13.1 Å². The topological polar surface area (TPSA) is 41.1 Å². The van der Waals surface area contributed by atoms with Gasteiger partial charge in [0, 0.05) is 12.6 Å². The van der Waals surface area contributed by atoms with Crippen molar-refractivity contribution in [1.82, 2.24) is 10.6 Å². The summed E-state index contributed by atoms with van der Waals surface area (Å²) in [7, 11) is 0. The first-order valence-electron chi connectivity index (χ1n) is 6.69. The first-order chi connectivity index (χ1) is 7.68. The molecule has 0 spiro atoms. The molecule has 16 heavy (non-hydrogen) atoms. The van der Waals surface area contributed by atoms with Crippen LogP contribution in [0, 0.1) is 17.8 Å². The molecule has 0 aromatic carbocycles. The molecule has 3 nitrogen and oxygen atoms in total. The Morgan fingerprint density at radius 3 is 2.56 bits per heavy atom. The SMILES string of the molecule is CC1CNCC1C(=O)NC(C)C1CCCC1. The van der Waals surface area contributed by atoms with Crippen LogP contribution in [0.2, 0.25) is 0 Å². The molecular weight excluding hydrogens is 200 g/mol.